The maximum absolute atomic E-state index is 13.3. The lowest BCUT2D eigenvalue weighted by atomic mass is 10.1. The third-order valence-electron chi connectivity index (χ3n) is 5.29. The minimum absolute atomic E-state index is 0.0758. The number of thioether (sulfide) groups is 1. The van der Waals surface area contributed by atoms with Crippen molar-refractivity contribution in [3.63, 3.8) is 0 Å². The molecule has 3 aromatic carbocycles. The summed E-state index contributed by atoms with van der Waals surface area (Å²) in [6.45, 7) is 3.02. The quantitative estimate of drug-likeness (QED) is 0.459. The van der Waals surface area contributed by atoms with Gasteiger partial charge in [0.25, 0.3) is 0 Å². The summed E-state index contributed by atoms with van der Waals surface area (Å²) in [4.78, 5) is 32.4. The number of hydrogen-bond acceptors (Lipinski definition) is 5. The first-order valence-corrected chi connectivity index (χ1v) is 12.2. The number of carbonyl (C=O) groups excluding carboxylic acids is 2. The van der Waals surface area contributed by atoms with Gasteiger partial charge in [-0.05, 0) is 55.3 Å². The second-order valence-electron chi connectivity index (χ2n) is 7.77. The van der Waals surface area contributed by atoms with E-state index >= 15 is 0 Å². The summed E-state index contributed by atoms with van der Waals surface area (Å²) in [7, 11) is 0. The Hall–Kier alpha value is -3.58. The average Bonchev–Trinajstić information content (AvgIpc) is 3.14. The fourth-order valence-electron chi connectivity index (χ4n) is 3.61. The van der Waals surface area contributed by atoms with Crippen molar-refractivity contribution in [2.24, 2.45) is 4.99 Å². The highest BCUT2D eigenvalue weighted by atomic mass is 32.2. The maximum atomic E-state index is 13.3. The van der Waals surface area contributed by atoms with Crippen molar-refractivity contribution in [1.29, 1.82) is 0 Å². The Morgan fingerprint density at radius 1 is 1.00 bits per heavy atom. The van der Waals surface area contributed by atoms with Crippen molar-refractivity contribution in [1.82, 2.24) is 4.90 Å². The molecule has 174 valence electrons. The number of benzene rings is 3. The Morgan fingerprint density at radius 3 is 2.35 bits per heavy atom. The standard InChI is InChI=1S/C27H27N3O3S/c1-2-33-23-15-13-22(14-16-23)28-25(31)19-24-26(32)30(18-17-20-9-5-3-6-10-20)27(34-24)29-21-11-7-4-8-12-21/h3-16,24H,2,17-19H2,1H3,(H,28,31). The van der Waals surface area contributed by atoms with Gasteiger partial charge in [0.2, 0.25) is 11.8 Å². The molecule has 1 atom stereocenters. The molecule has 1 heterocycles. The Kier molecular flexibility index (Phi) is 7.99. The molecule has 0 spiro atoms. The highest BCUT2D eigenvalue weighted by Crippen LogP contribution is 2.32. The van der Waals surface area contributed by atoms with E-state index in [0.29, 0.717) is 30.4 Å². The second-order valence-corrected chi connectivity index (χ2v) is 8.94. The van der Waals surface area contributed by atoms with E-state index in [4.69, 9.17) is 9.73 Å². The van der Waals surface area contributed by atoms with Crippen LogP contribution in [0.3, 0.4) is 0 Å². The number of amides is 2. The third kappa shape index (κ3) is 6.26. The van der Waals surface area contributed by atoms with E-state index in [1.165, 1.54) is 11.8 Å². The lowest BCUT2D eigenvalue weighted by Crippen LogP contribution is -2.35. The molecular formula is C27H27N3O3S. The molecule has 7 heteroatoms. The highest BCUT2D eigenvalue weighted by Gasteiger charge is 2.39. The fourth-order valence-corrected chi connectivity index (χ4v) is 4.79. The van der Waals surface area contributed by atoms with Crippen LogP contribution in [0.4, 0.5) is 11.4 Å². The third-order valence-corrected chi connectivity index (χ3v) is 6.46. The average molecular weight is 474 g/mol. The second kappa shape index (κ2) is 11.5. The molecular weight excluding hydrogens is 446 g/mol. The molecule has 1 saturated heterocycles. The van der Waals surface area contributed by atoms with Gasteiger partial charge >= 0.3 is 0 Å². The van der Waals surface area contributed by atoms with Gasteiger partial charge in [-0.3, -0.25) is 14.5 Å². The molecule has 0 aromatic heterocycles. The van der Waals surface area contributed by atoms with Crippen molar-refractivity contribution in [2.45, 2.75) is 25.0 Å². The summed E-state index contributed by atoms with van der Waals surface area (Å²) in [5.41, 5.74) is 2.60. The van der Waals surface area contributed by atoms with Gasteiger partial charge in [-0.25, -0.2) is 4.99 Å². The molecule has 2 amide bonds. The summed E-state index contributed by atoms with van der Waals surface area (Å²) < 4.78 is 5.44. The Morgan fingerprint density at radius 2 is 1.68 bits per heavy atom. The van der Waals surface area contributed by atoms with Gasteiger partial charge in [0.05, 0.1) is 12.3 Å². The molecule has 0 bridgehead atoms. The topological polar surface area (TPSA) is 71.0 Å². The zero-order valence-electron chi connectivity index (χ0n) is 19.0. The zero-order valence-corrected chi connectivity index (χ0v) is 19.8. The van der Waals surface area contributed by atoms with E-state index in [1.54, 1.807) is 17.0 Å². The molecule has 1 aliphatic heterocycles. The smallest absolute Gasteiger partial charge is 0.242 e. The number of nitrogens with zero attached hydrogens (tertiary/aromatic N) is 2. The van der Waals surface area contributed by atoms with Crippen molar-refractivity contribution < 1.29 is 14.3 Å². The predicted molar refractivity (Wildman–Crippen MR) is 138 cm³/mol. The fraction of sp³-hybridized carbons (Fsp3) is 0.222. The van der Waals surface area contributed by atoms with Crippen LogP contribution in [0.2, 0.25) is 0 Å². The Bertz CT molecular complexity index is 1130. The highest BCUT2D eigenvalue weighted by molar-refractivity contribution is 8.15. The van der Waals surface area contributed by atoms with E-state index in [2.05, 4.69) is 5.32 Å². The van der Waals surface area contributed by atoms with Gasteiger partial charge in [0, 0.05) is 18.7 Å². The molecule has 1 aliphatic rings. The van der Waals surface area contributed by atoms with Gasteiger partial charge in [-0.2, -0.15) is 0 Å². The summed E-state index contributed by atoms with van der Waals surface area (Å²) in [6.07, 6.45) is 0.790. The van der Waals surface area contributed by atoms with Gasteiger partial charge in [0.1, 0.15) is 11.0 Å². The Labute approximate surface area is 204 Å². The van der Waals surface area contributed by atoms with Gasteiger partial charge in [0.15, 0.2) is 5.17 Å². The number of amidine groups is 1. The number of ether oxygens (including phenoxy) is 1. The lowest BCUT2D eigenvalue weighted by molar-refractivity contribution is -0.128. The van der Waals surface area contributed by atoms with Crippen LogP contribution in [-0.4, -0.2) is 40.3 Å². The van der Waals surface area contributed by atoms with Crippen LogP contribution in [0.1, 0.15) is 18.9 Å². The normalized spacial score (nSPS) is 16.6. The van der Waals surface area contributed by atoms with Gasteiger partial charge in [-0.15, -0.1) is 0 Å². The van der Waals surface area contributed by atoms with E-state index in [-0.39, 0.29) is 18.2 Å². The van der Waals surface area contributed by atoms with Crippen LogP contribution in [0.25, 0.3) is 0 Å². The molecule has 0 saturated carbocycles. The van der Waals surface area contributed by atoms with E-state index in [1.807, 2.05) is 79.7 Å². The van der Waals surface area contributed by atoms with Gasteiger partial charge in [-0.1, -0.05) is 60.3 Å². The molecule has 0 radical (unpaired) electrons. The molecule has 34 heavy (non-hydrogen) atoms. The number of para-hydroxylation sites is 1. The van der Waals surface area contributed by atoms with E-state index < -0.39 is 5.25 Å². The number of hydrogen-bond donors (Lipinski definition) is 1. The van der Waals surface area contributed by atoms with Crippen molar-refractivity contribution in [2.75, 3.05) is 18.5 Å². The number of aliphatic imine (C=N–C) groups is 1. The molecule has 1 unspecified atom stereocenters. The Balaban J connectivity index is 1.45. The summed E-state index contributed by atoms with van der Waals surface area (Å²) in [6, 6.07) is 26.8. The number of nitrogens with one attached hydrogen (secondary N) is 1. The summed E-state index contributed by atoms with van der Waals surface area (Å²) in [5, 5.41) is 3.00. The van der Waals surface area contributed by atoms with Crippen LogP contribution in [0.5, 0.6) is 5.75 Å². The molecule has 3 aromatic rings. The molecule has 1 N–H and O–H groups in total. The minimum Gasteiger partial charge on any atom is -0.494 e. The monoisotopic (exact) mass is 473 g/mol. The van der Waals surface area contributed by atoms with E-state index in [9.17, 15) is 9.59 Å². The zero-order chi connectivity index (χ0) is 23.8. The minimum atomic E-state index is -0.513. The summed E-state index contributed by atoms with van der Waals surface area (Å²) in [5.74, 6) is 0.453. The first-order chi connectivity index (χ1) is 16.6. The molecule has 6 nitrogen and oxygen atoms in total. The predicted octanol–water partition coefficient (Wildman–Crippen LogP) is 5.29. The molecule has 4 rings (SSSR count). The van der Waals surface area contributed by atoms with Crippen LogP contribution in [0, 0.1) is 0 Å². The van der Waals surface area contributed by atoms with Crippen LogP contribution >= 0.6 is 11.8 Å². The van der Waals surface area contributed by atoms with Gasteiger partial charge < -0.3 is 10.1 Å². The maximum Gasteiger partial charge on any atom is 0.242 e. The summed E-state index contributed by atoms with van der Waals surface area (Å²) >= 11 is 1.35. The number of rotatable bonds is 9. The first-order valence-electron chi connectivity index (χ1n) is 11.3. The molecule has 0 aliphatic carbocycles. The lowest BCUT2D eigenvalue weighted by Gasteiger charge is -2.16. The number of carbonyl (C=O) groups is 2. The van der Waals surface area contributed by atoms with Crippen LogP contribution < -0.4 is 10.1 Å². The molecule has 1 fully saturated rings. The van der Waals surface area contributed by atoms with Crippen molar-refractivity contribution >= 4 is 40.1 Å². The van der Waals surface area contributed by atoms with Crippen molar-refractivity contribution in [3.8, 4) is 5.75 Å². The van der Waals surface area contributed by atoms with Crippen LogP contribution in [-0.2, 0) is 16.0 Å². The van der Waals surface area contributed by atoms with Crippen LogP contribution in [0.15, 0.2) is 89.9 Å². The van der Waals surface area contributed by atoms with Crippen molar-refractivity contribution in [3.05, 3.63) is 90.5 Å². The SMILES string of the molecule is CCOc1ccc(NC(=O)CC2SC(=Nc3ccccc3)N(CCc3ccccc3)C2=O)cc1. The number of anilines is 1. The largest absolute Gasteiger partial charge is 0.494 e. The van der Waals surface area contributed by atoms with E-state index in [0.717, 1.165) is 17.0 Å². The first kappa shape index (κ1) is 23.6.